The molecule has 4 nitrogen and oxygen atoms in total. The Morgan fingerprint density at radius 3 is 2.76 bits per heavy atom. The Kier molecular flexibility index (Phi) is 3.19. The maximum Gasteiger partial charge on any atom is 0.326 e. The number of pyridine rings is 1. The van der Waals surface area contributed by atoms with Crippen LogP contribution in [0.25, 0.3) is 10.8 Å². The van der Waals surface area contributed by atoms with E-state index in [0.29, 0.717) is 5.39 Å². The van der Waals surface area contributed by atoms with Crippen LogP contribution >= 0.6 is 22.6 Å². The minimum Gasteiger partial charge on any atom is -0.480 e. The largest absolute Gasteiger partial charge is 0.480 e. The summed E-state index contributed by atoms with van der Waals surface area (Å²) in [6, 6.07) is 6.36. The molecular formula is C12H10INO3. The van der Waals surface area contributed by atoms with E-state index < -0.39 is 12.0 Å². The van der Waals surface area contributed by atoms with Gasteiger partial charge in [-0.3, -0.25) is 4.79 Å². The van der Waals surface area contributed by atoms with E-state index in [2.05, 4.69) is 22.6 Å². The summed E-state index contributed by atoms with van der Waals surface area (Å²) in [4.78, 5) is 23.0. The molecule has 2 rings (SSSR count). The highest BCUT2D eigenvalue weighted by molar-refractivity contribution is 14.1. The van der Waals surface area contributed by atoms with Gasteiger partial charge in [0, 0.05) is 15.2 Å². The zero-order valence-electron chi connectivity index (χ0n) is 9.05. The molecule has 1 atom stereocenters. The summed E-state index contributed by atoms with van der Waals surface area (Å²) >= 11 is 2.17. The molecule has 1 aromatic heterocycles. The summed E-state index contributed by atoms with van der Waals surface area (Å²) < 4.78 is 2.27. The predicted octanol–water partition coefficient (Wildman–Crippen LogP) is 2.25. The zero-order valence-corrected chi connectivity index (χ0v) is 11.2. The predicted molar refractivity (Wildman–Crippen MR) is 73.3 cm³/mol. The first-order valence-electron chi connectivity index (χ1n) is 5.04. The highest BCUT2D eigenvalue weighted by Crippen LogP contribution is 2.15. The zero-order chi connectivity index (χ0) is 12.6. The third-order valence-electron chi connectivity index (χ3n) is 2.67. The maximum atomic E-state index is 12.1. The number of hydrogen-bond donors (Lipinski definition) is 1. The summed E-state index contributed by atoms with van der Waals surface area (Å²) in [6.07, 6.45) is 1.53. The van der Waals surface area contributed by atoms with Gasteiger partial charge in [-0.05, 0) is 59.2 Å². The van der Waals surface area contributed by atoms with Crippen molar-refractivity contribution in [1.29, 1.82) is 0 Å². The van der Waals surface area contributed by atoms with Gasteiger partial charge in [-0.2, -0.15) is 0 Å². The van der Waals surface area contributed by atoms with Crippen LogP contribution < -0.4 is 5.56 Å². The Bertz CT molecular complexity index is 648. The average molecular weight is 343 g/mol. The van der Waals surface area contributed by atoms with Gasteiger partial charge in [0.05, 0.1) is 0 Å². The smallest absolute Gasteiger partial charge is 0.326 e. The molecule has 1 aromatic carbocycles. The molecule has 17 heavy (non-hydrogen) atoms. The van der Waals surface area contributed by atoms with Gasteiger partial charge in [-0.1, -0.05) is 0 Å². The fourth-order valence-corrected chi connectivity index (χ4v) is 2.17. The van der Waals surface area contributed by atoms with Crippen molar-refractivity contribution in [2.45, 2.75) is 13.0 Å². The minimum absolute atomic E-state index is 0.270. The van der Waals surface area contributed by atoms with E-state index in [-0.39, 0.29) is 5.56 Å². The fourth-order valence-electron chi connectivity index (χ4n) is 1.66. The molecule has 2 aromatic rings. The molecule has 0 amide bonds. The van der Waals surface area contributed by atoms with Crippen LogP contribution in [0.2, 0.25) is 0 Å². The van der Waals surface area contributed by atoms with Crippen LogP contribution in [0.4, 0.5) is 0 Å². The van der Waals surface area contributed by atoms with E-state index in [1.165, 1.54) is 17.7 Å². The van der Waals surface area contributed by atoms with Gasteiger partial charge in [-0.25, -0.2) is 4.79 Å². The van der Waals surface area contributed by atoms with E-state index in [1.54, 1.807) is 12.1 Å². The third kappa shape index (κ3) is 2.19. The number of carboxylic acid groups (broad SMARTS) is 1. The molecule has 1 heterocycles. The molecule has 0 fully saturated rings. The quantitative estimate of drug-likeness (QED) is 0.851. The van der Waals surface area contributed by atoms with E-state index >= 15 is 0 Å². The lowest BCUT2D eigenvalue weighted by Gasteiger charge is -2.11. The third-order valence-corrected chi connectivity index (χ3v) is 3.34. The molecule has 0 aliphatic rings. The normalized spacial score (nSPS) is 12.6. The number of aliphatic carboxylic acids is 1. The first-order chi connectivity index (χ1) is 8.00. The molecule has 0 bridgehead atoms. The van der Waals surface area contributed by atoms with Crippen molar-refractivity contribution >= 4 is 39.3 Å². The first-order valence-corrected chi connectivity index (χ1v) is 6.12. The summed E-state index contributed by atoms with van der Waals surface area (Å²) in [7, 11) is 0. The summed E-state index contributed by atoms with van der Waals surface area (Å²) in [6.45, 7) is 1.49. The highest BCUT2D eigenvalue weighted by atomic mass is 127. The van der Waals surface area contributed by atoms with Gasteiger partial charge in [-0.15, -0.1) is 0 Å². The SMILES string of the molecule is CC(C(=O)O)n1ccc2cc(I)ccc2c1=O. The molecule has 0 spiro atoms. The number of halogens is 1. The van der Waals surface area contributed by atoms with Crippen LogP contribution in [0.5, 0.6) is 0 Å². The Morgan fingerprint density at radius 1 is 1.41 bits per heavy atom. The van der Waals surface area contributed by atoms with E-state index in [4.69, 9.17) is 5.11 Å². The van der Waals surface area contributed by atoms with Crippen molar-refractivity contribution in [2.24, 2.45) is 0 Å². The van der Waals surface area contributed by atoms with Crippen molar-refractivity contribution in [3.05, 3.63) is 44.4 Å². The van der Waals surface area contributed by atoms with Crippen molar-refractivity contribution in [3.63, 3.8) is 0 Å². The molecule has 0 aliphatic heterocycles. The first kappa shape index (κ1) is 12.1. The lowest BCUT2D eigenvalue weighted by molar-refractivity contribution is -0.140. The molecular weight excluding hydrogens is 333 g/mol. The second kappa shape index (κ2) is 4.48. The van der Waals surface area contributed by atoms with Gasteiger partial charge in [0.15, 0.2) is 0 Å². The van der Waals surface area contributed by atoms with E-state index in [1.807, 2.05) is 12.1 Å². The van der Waals surface area contributed by atoms with Crippen LogP contribution in [-0.2, 0) is 4.79 Å². The van der Waals surface area contributed by atoms with Gasteiger partial charge in [0.1, 0.15) is 6.04 Å². The molecule has 1 N–H and O–H groups in total. The highest BCUT2D eigenvalue weighted by Gasteiger charge is 2.15. The van der Waals surface area contributed by atoms with Gasteiger partial charge in [0.2, 0.25) is 0 Å². The molecule has 0 aliphatic carbocycles. The maximum absolute atomic E-state index is 12.1. The monoisotopic (exact) mass is 343 g/mol. The van der Waals surface area contributed by atoms with Crippen LogP contribution in [0.15, 0.2) is 35.3 Å². The Balaban J connectivity index is 2.70. The summed E-state index contributed by atoms with van der Waals surface area (Å²) in [5.41, 5.74) is -0.270. The Morgan fingerprint density at radius 2 is 2.12 bits per heavy atom. The topological polar surface area (TPSA) is 59.3 Å². The number of rotatable bonds is 2. The molecule has 0 saturated carbocycles. The van der Waals surface area contributed by atoms with Gasteiger partial charge in [0.25, 0.3) is 5.56 Å². The number of aromatic nitrogens is 1. The van der Waals surface area contributed by atoms with Gasteiger partial charge < -0.3 is 9.67 Å². The summed E-state index contributed by atoms with van der Waals surface area (Å²) in [5, 5.41) is 10.3. The molecule has 0 radical (unpaired) electrons. The average Bonchev–Trinajstić information content (AvgIpc) is 2.28. The number of carbonyl (C=O) groups is 1. The van der Waals surface area contributed by atoms with Crippen molar-refractivity contribution in [1.82, 2.24) is 4.57 Å². The Hall–Kier alpha value is -1.37. The van der Waals surface area contributed by atoms with Crippen molar-refractivity contribution in [3.8, 4) is 0 Å². The van der Waals surface area contributed by atoms with Crippen LogP contribution in [0.3, 0.4) is 0 Å². The number of hydrogen-bond acceptors (Lipinski definition) is 2. The number of nitrogens with zero attached hydrogens (tertiary/aromatic N) is 1. The van der Waals surface area contributed by atoms with Crippen LogP contribution in [0, 0.1) is 3.57 Å². The second-order valence-electron chi connectivity index (χ2n) is 3.77. The standard InChI is InChI=1S/C12H10INO3/c1-7(12(16)17)14-5-4-8-6-9(13)2-3-10(8)11(14)15/h2-7H,1H3,(H,16,17). The fraction of sp³-hybridized carbons (Fsp3) is 0.167. The Labute approximate surface area is 111 Å². The van der Waals surface area contributed by atoms with E-state index in [9.17, 15) is 9.59 Å². The van der Waals surface area contributed by atoms with Crippen molar-refractivity contribution < 1.29 is 9.90 Å². The molecule has 0 saturated heterocycles. The van der Waals surface area contributed by atoms with Crippen LogP contribution in [0.1, 0.15) is 13.0 Å². The van der Waals surface area contributed by atoms with Gasteiger partial charge >= 0.3 is 5.97 Å². The molecule has 88 valence electrons. The number of carboxylic acids is 1. The molecule has 1 unspecified atom stereocenters. The number of benzene rings is 1. The lowest BCUT2D eigenvalue weighted by Crippen LogP contribution is -2.27. The van der Waals surface area contributed by atoms with Crippen LogP contribution in [-0.4, -0.2) is 15.6 Å². The molecule has 5 heteroatoms. The second-order valence-corrected chi connectivity index (χ2v) is 5.02. The lowest BCUT2D eigenvalue weighted by atomic mass is 10.1. The number of fused-ring (bicyclic) bond motifs is 1. The van der Waals surface area contributed by atoms with E-state index in [0.717, 1.165) is 8.96 Å². The summed E-state index contributed by atoms with van der Waals surface area (Å²) in [5.74, 6) is -1.02. The van der Waals surface area contributed by atoms with Crippen molar-refractivity contribution in [2.75, 3.05) is 0 Å². The minimum atomic E-state index is -1.02.